The molecule has 22 heavy (non-hydrogen) atoms. The fourth-order valence-electron chi connectivity index (χ4n) is 1.47. The van der Waals surface area contributed by atoms with Gasteiger partial charge in [-0.15, -0.1) is 0 Å². The lowest BCUT2D eigenvalue weighted by molar-refractivity contribution is -0.186. The summed E-state index contributed by atoms with van der Waals surface area (Å²) in [5.41, 5.74) is 0. The van der Waals surface area contributed by atoms with Crippen molar-refractivity contribution in [1.29, 1.82) is 0 Å². The van der Waals surface area contributed by atoms with E-state index in [1.165, 1.54) is 0 Å². The van der Waals surface area contributed by atoms with E-state index in [1.807, 2.05) is 0 Å². The molecular formula is C12H16BrFO8. The average Bonchev–Trinajstić information content (AvgIpc) is 2.38. The fraction of sp³-hybridized carbons (Fsp3) is 0.667. The van der Waals surface area contributed by atoms with Crippen molar-refractivity contribution >= 4 is 38.5 Å². The second-order valence-corrected chi connectivity index (χ2v) is 5.01. The van der Waals surface area contributed by atoms with Gasteiger partial charge in [-0.3, -0.25) is 19.2 Å². The molecular weight excluding hydrogens is 371 g/mol. The minimum Gasteiger partial charge on any atom is -0.463 e. The molecule has 0 unspecified atom stereocenters. The Labute approximate surface area is 134 Å². The van der Waals surface area contributed by atoms with E-state index in [0.717, 1.165) is 20.8 Å². The Balaban J connectivity index is 5.34. The van der Waals surface area contributed by atoms with Gasteiger partial charge in [0, 0.05) is 20.8 Å². The van der Waals surface area contributed by atoms with Gasteiger partial charge in [-0.1, -0.05) is 0 Å². The molecule has 0 aromatic carbocycles. The van der Waals surface area contributed by atoms with Crippen molar-refractivity contribution in [2.45, 2.75) is 45.3 Å². The first-order valence-corrected chi connectivity index (χ1v) is 6.84. The van der Waals surface area contributed by atoms with Crippen LogP contribution in [0, 0.1) is 0 Å². The van der Waals surface area contributed by atoms with Gasteiger partial charge in [-0.2, -0.15) is 0 Å². The van der Waals surface area contributed by atoms with Gasteiger partial charge < -0.3 is 19.3 Å². The number of aliphatic hydroxyl groups excluding tert-OH is 1. The second-order valence-electron chi connectivity index (χ2n) is 4.22. The van der Waals surface area contributed by atoms with Crippen molar-refractivity contribution < 1.29 is 42.9 Å². The van der Waals surface area contributed by atoms with E-state index >= 15 is 0 Å². The standard InChI is InChI=1S/C12H16BrFO8/c1-5(15)20-4-8(18)10(21-6(2)16)11(22-7(3)17)9(14)12(13)19/h8-11,18H,4H2,1-3H3/t8-,9+,10-,11-/m1/s1. The van der Waals surface area contributed by atoms with Crippen LogP contribution < -0.4 is 0 Å². The van der Waals surface area contributed by atoms with Gasteiger partial charge in [0.15, 0.2) is 12.2 Å². The van der Waals surface area contributed by atoms with Crippen LogP contribution in [-0.2, 0) is 33.4 Å². The van der Waals surface area contributed by atoms with E-state index in [1.54, 1.807) is 0 Å². The van der Waals surface area contributed by atoms with Crippen LogP contribution in [0.1, 0.15) is 20.8 Å². The molecule has 0 aromatic heterocycles. The summed E-state index contributed by atoms with van der Waals surface area (Å²) in [4.78, 5) is 43.9. The zero-order chi connectivity index (χ0) is 17.4. The van der Waals surface area contributed by atoms with Gasteiger partial charge in [0.2, 0.25) is 10.9 Å². The summed E-state index contributed by atoms with van der Waals surface area (Å²) >= 11 is 2.36. The van der Waals surface area contributed by atoms with Crippen molar-refractivity contribution in [1.82, 2.24) is 0 Å². The van der Waals surface area contributed by atoms with Gasteiger partial charge in [0.1, 0.15) is 12.7 Å². The van der Waals surface area contributed by atoms with Crippen molar-refractivity contribution in [3.8, 4) is 0 Å². The van der Waals surface area contributed by atoms with Crippen LogP contribution in [0.3, 0.4) is 0 Å². The molecule has 10 heteroatoms. The van der Waals surface area contributed by atoms with Crippen LogP contribution in [0.4, 0.5) is 4.39 Å². The monoisotopic (exact) mass is 386 g/mol. The zero-order valence-corrected chi connectivity index (χ0v) is 13.7. The second kappa shape index (κ2) is 9.46. The predicted molar refractivity (Wildman–Crippen MR) is 72.6 cm³/mol. The van der Waals surface area contributed by atoms with Gasteiger partial charge in [-0.25, -0.2) is 4.39 Å². The molecule has 0 saturated carbocycles. The molecule has 0 rings (SSSR count). The number of rotatable bonds is 8. The minimum absolute atomic E-state index is 0.645. The molecule has 0 fully saturated rings. The van der Waals surface area contributed by atoms with Crippen LogP contribution in [-0.4, -0.2) is 58.8 Å². The summed E-state index contributed by atoms with van der Waals surface area (Å²) in [6.07, 6.45) is -7.75. The number of carbonyl (C=O) groups excluding carboxylic acids is 4. The Hall–Kier alpha value is -1.55. The lowest BCUT2D eigenvalue weighted by atomic mass is 10.0. The Morgan fingerprint density at radius 2 is 1.45 bits per heavy atom. The quantitative estimate of drug-likeness (QED) is 0.353. The SMILES string of the molecule is CC(=O)OC[C@@H](O)[C@@H](OC(C)=O)[C@H](OC(C)=O)[C@H](F)C(=O)Br. The Morgan fingerprint density at radius 1 is 1.00 bits per heavy atom. The summed E-state index contributed by atoms with van der Waals surface area (Å²) in [5, 5.41) is 9.88. The van der Waals surface area contributed by atoms with Gasteiger partial charge in [0.05, 0.1) is 0 Å². The van der Waals surface area contributed by atoms with E-state index in [2.05, 4.69) is 25.4 Å². The van der Waals surface area contributed by atoms with Crippen LogP contribution in [0.2, 0.25) is 0 Å². The Morgan fingerprint density at radius 3 is 1.82 bits per heavy atom. The highest BCUT2D eigenvalue weighted by Crippen LogP contribution is 2.19. The number of alkyl halides is 1. The summed E-state index contributed by atoms with van der Waals surface area (Å²) < 4.78 is 26.6. The molecule has 8 nitrogen and oxygen atoms in total. The summed E-state index contributed by atoms with van der Waals surface area (Å²) in [5.74, 6) is -2.62. The van der Waals surface area contributed by atoms with Gasteiger partial charge in [0.25, 0.3) is 0 Å². The molecule has 0 aliphatic carbocycles. The molecule has 1 N–H and O–H groups in total. The summed E-state index contributed by atoms with van der Waals surface area (Å²) in [6.45, 7) is 2.34. The van der Waals surface area contributed by atoms with Crippen molar-refractivity contribution in [3.63, 3.8) is 0 Å². The first kappa shape index (κ1) is 20.5. The highest BCUT2D eigenvalue weighted by Gasteiger charge is 2.42. The largest absolute Gasteiger partial charge is 0.463 e. The van der Waals surface area contributed by atoms with E-state index in [-0.39, 0.29) is 0 Å². The summed E-state index contributed by atoms with van der Waals surface area (Å²) in [6, 6.07) is 0. The van der Waals surface area contributed by atoms with E-state index < -0.39 is 53.7 Å². The molecule has 0 spiro atoms. The maximum Gasteiger partial charge on any atom is 0.303 e. The highest BCUT2D eigenvalue weighted by atomic mass is 79.9. The molecule has 0 saturated heterocycles. The summed E-state index contributed by atoms with van der Waals surface area (Å²) in [7, 11) is 0. The maximum absolute atomic E-state index is 13.9. The van der Waals surface area contributed by atoms with Gasteiger partial charge >= 0.3 is 17.9 Å². The molecule has 0 heterocycles. The molecule has 0 bridgehead atoms. The fourth-order valence-corrected chi connectivity index (χ4v) is 1.73. The number of halogens is 2. The Bertz CT molecular complexity index is 441. The van der Waals surface area contributed by atoms with Crippen LogP contribution >= 0.6 is 15.9 Å². The van der Waals surface area contributed by atoms with Crippen LogP contribution in [0.5, 0.6) is 0 Å². The predicted octanol–water partition coefficient (Wildman–Crippen LogP) is 0.0334. The normalized spacial score (nSPS) is 15.9. The molecule has 0 aliphatic heterocycles. The Kier molecular flexibility index (Phi) is 8.80. The molecule has 0 aliphatic rings. The number of ether oxygens (including phenoxy) is 3. The van der Waals surface area contributed by atoms with E-state index in [0.29, 0.717) is 0 Å². The smallest absolute Gasteiger partial charge is 0.303 e. The zero-order valence-electron chi connectivity index (χ0n) is 12.1. The minimum atomic E-state index is -2.40. The number of hydrogen-bond donors (Lipinski definition) is 1. The number of carbonyl (C=O) groups is 4. The first-order valence-electron chi connectivity index (χ1n) is 6.05. The number of hydrogen-bond acceptors (Lipinski definition) is 8. The molecule has 0 radical (unpaired) electrons. The topological polar surface area (TPSA) is 116 Å². The van der Waals surface area contributed by atoms with Crippen LogP contribution in [0.25, 0.3) is 0 Å². The maximum atomic E-state index is 13.9. The lowest BCUT2D eigenvalue weighted by Crippen LogP contribution is -2.50. The third kappa shape index (κ3) is 7.46. The highest BCUT2D eigenvalue weighted by molar-refractivity contribution is 9.18. The number of esters is 3. The molecule has 4 atom stereocenters. The number of aliphatic hydroxyl groups is 1. The molecule has 0 aromatic rings. The molecule has 0 amide bonds. The van der Waals surface area contributed by atoms with E-state index in [9.17, 15) is 28.7 Å². The lowest BCUT2D eigenvalue weighted by Gasteiger charge is -2.30. The first-order chi connectivity index (χ1) is 10.1. The van der Waals surface area contributed by atoms with Crippen LogP contribution in [0.15, 0.2) is 0 Å². The van der Waals surface area contributed by atoms with E-state index in [4.69, 9.17) is 4.74 Å². The van der Waals surface area contributed by atoms with Crippen molar-refractivity contribution in [2.75, 3.05) is 6.61 Å². The average molecular weight is 387 g/mol. The van der Waals surface area contributed by atoms with Gasteiger partial charge in [-0.05, 0) is 15.9 Å². The third-order valence-corrected chi connectivity index (χ3v) is 2.71. The third-order valence-electron chi connectivity index (χ3n) is 2.27. The molecule has 126 valence electrons. The van der Waals surface area contributed by atoms with Crippen molar-refractivity contribution in [3.05, 3.63) is 0 Å². The van der Waals surface area contributed by atoms with Crippen molar-refractivity contribution in [2.24, 2.45) is 0 Å².